The van der Waals surface area contributed by atoms with Gasteiger partial charge in [0.1, 0.15) is 6.33 Å². The summed E-state index contributed by atoms with van der Waals surface area (Å²) in [7, 11) is 0. The summed E-state index contributed by atoms with van der Waals surface area (Å²) in [4.78, 5) is 15.2. The summed E-state index contributed by atoms with van der Waals surface area (Å²) in [5, 5.41) is 12.2. The Hall–Kier alpha value is -2.68. The van der Waals surface area contributed by atoms with E-state index in [1.54, 1.807) is 6.33 Å². The van der Waals surface area contributed by atoms with Crippen molar-refractivity contribution in [3.8, 4) is 5.69 Å². The zero-order valence-electron chi connectivity index (χ0n) is 18.5. The fraction of sp³-hybridized carbons (Fsp3) is 0.375. The van der Waals surface area contributed by atoms with Gasteiger partial charge in [-0.1, -0.05) is 48.2 Å². The molecule has 1 unspecified atom stereocenters. The number of amides is 1. The van der Waals surface area contributed by atoms with Gasteiger partial charge >= 0.3 is 0 Å². The molecule has 0 spiro atoms. The van der Waals surface area contributed by atoms with E-state index in [0.29, 0.717) is 5.16 Å². The highest BCUT2D eigenvalue weighted by atomic mass is 32.2. The maximum atomic E-state index is 12.9. The minimum absolute atomic E-state index is 0.0215. The third kappa shape index (κ3) is 5.76. The van der Waals surface area contributed by atoms with Crippen LogP contribution in [0, 0.1) is 13.8 Å². The molecule has 7 nitrogen and oxygen atoms in total. The molecule has 1 aromatic heterocycles. The van der Waals surface area contributed by atoms with E-state index in [1.165, 1.54) is 22.9 Å². The molecule has 0 bridgehead atoms. The molecule has 1 atom stereocenters. The van der Waals surface area contributed by atoms with Crippen molar-refractivity contribution < 1.29 is 9.53 Å². The first kappa shape index (κ1) is 22.5. The van der Waals surface area contributed by atoms with Gasteiger partial charge in [-0.2, -0.15) is 0 Å². The Labute approximate surface area is 193 Å². The Morgan fingerprint density at radius 1 is 1.12 bits per heavy atom. The number of morpholine rings is 1. The van der Waals surface area contributed by atoms with E-state index in [9.17, 15) is 4.79 Å². The van der Waals surface area contributed by atoms with Crippen molar-refractivity contribution in [2.45, 2.75) is 25.0 Å². The van der Waals surface area contributed by atoms with Gasteiger partial charge in [0.05, 0.1) is 25.0 Å². The monoisotopic (exact) mass is 451 g/mol. The molecule has 1 aliphatic heterocycles. The highest BCUT2D eigenvalue weighted by molar-refractivity contribution is 7.99. The molecule has 4 rings (SSSR count). The molecule has 1 saturated heterocycles. The molecule has 1 aliphatic rings. The largest absolute Gasteiger partial charge is 0.379 e. The van der Waals surface area contributed by atoms with E-state index < -0.39 is 0 Å². The summed E-state index contributed by atoms with van der Waals surface area (Å²) in [6.45, 7) is 8.18. The van der Waals surface area contributed by atoms with E-state index in [4.69, 9.17) is 4.74 Å². The normalized spacial score (nSPS) is 15.4. The first-order valence-electron chi connectivity index (χ1n) is 10.8. The number of carbonyl (C=O) groups is 1. The molecule has 32 heavy (non-hydrogen) atoms. The molecule has 2 heterocycles. The third-order valence-corrected chi connectivity index (χ3v) is 6.64. The summed E-state index contributed by atoms with van der Waals surface area (Å²) in [5.41, 5.74) is 4.55. The smallest absolute Gasteiger partial charge is 0.231 e. The molecule has 8 heteroatoms. The van der Waals surface area contributed by atoms with Crippen LogP contribution in [0.25, 0.3) is 5.69 Å². The van der Waals surface area contributed by atoms with Crippen molar-refractivity contribution in [3.63, 3.8) is 0 Å². The lowest BCUT2D eigenvalue weighted by molar-refractivity contribution is -0.119. The van der Waals surface area contributed by atoms with Crippen molar-refractivity contribution in [2.75, 3.05) is 38.6 Å². The average Bonchev–Trinajstić information content (AvgIpc) is 3.29. The van der Waals surface area contributed by atoms with Crippen LogP contribution in [-0.2, 0) is 9.53 Å². The molecular weight excluding hydrogens is 422 g/mol. The minimum atomic E-state index is -0.0694. The van der Waals surface area contributed by atoms with Crippen LogP contribution in [-0.4, -0.2) is 64.2 Å². The quantitative estimate of drug-likeness (QED) is 0.531. The first-order valence-corrected chi connectivity index (χ1v) is 11.8. The summed E-state index contributed by atoms with van der Waals surface area (Å²) >= 11 is 1.39. The molecule has 0 radical (unpaired) electrons. The maximum Gasteiger partial charge on any atom is 0.231 e. The van der Waals surface area contributed by atoms with Crippen molar-refractivity contribution in [1.29, 1.82) is 0 Å². The second-order valence-electron chi connectivity index (χ2n) is 7.98. The number of ether oxygens (including phenoxy) is 1. The highest BCUT2D eigenvalue weighted by Gasteiger charge is 2.20. The third-order valence-electron chi connectivity index (χ3n) is 5.70. The van der Waals surface area contributed by atoms with Gasteiger partial charge in [-0.3, -0.25) is 14.3 Å². The van der Waals surface area contributed by atoms with E-state index in [-0.39, 0.29) is 17.7 Å². The number of aryl methyl sites for hydroxylation is 2. The number of nitrogens with zero attached hydrogens (tertiary/aromatic N) is 4. The van der Waals surface area contributed by atoms with Crippen LogP contribution in [0.4, 0.5) is 0 Å². The van der Waals surface area contributed by atoms with Crippen LogP contribution >= 0.6 is 11.8 Å². The molecular formula is C24H29N5O2S. The number of aromatic nitrogens is 3. The Balaban J connectivity index is 1.40. The second-order valence-corrected chi connectivity index (χ2v) is 8.93. The van der Waals surface area contributed by atoms with Gasteiger partial charge in [0.25, 0.3) is 0 Å². The molecule has 3 aromatic rings. The van der Waals surface area contributed by atoms with E-state index in [1.807, 2.05) is 28.8 Å². The van der Waals surface area contributed by atoms with E-state index in [2.05, 4.69) is 58.5 Å². The van der Waals surface area contributed by atoms with Crippen molar-refractivity contribution in [1.82, 2.24) is 25.0 Å². The predicted octanol–water partition coefficient (Wildman–Crippen LogP) is 3.17. The number of nitrogens with one attached hydrogen (secondary N) is 1. The number of carbonyl (C=O) groups excluding carboxylic acids is 1. The highest BCUT2D eigenvalue weighted by Crippen LogP contribution is 2.22. The number of hydrogen-bond donors (Lipinski definition) is 1. The summed E-state index contributed by atoms with van der Waals surface area (Å²) in [6.07, 6.45) is 1.69. The van der Waals surface area contributed by atoms with Crippen LogP contribution in [0.3, 0.4) is 0 Å². The number of thioether (sulfide) groups is 1. The van der Waals surface area contributed by atoms with Gasteiger partial charge in [0.15, 0.2) is 5.16 Å². The number of rotatable bonds is 8. The van der Waals surface area contributed by atoms with Gasteiger partial charge in [-0.15, -0.1) is 10.2 Å². The van der Waals surface area contributed by atoms with Crippen LogP contribution in [0.1, 0.15) is 22.7 Å². The minimum Gasteiger partial charge on any atom is -0.379 e. The van der Waals surface area contributed by atoms with Crippen LogP contribution in [0.2, 0.25) is 0 Å². The molecule has 0 saturated carbocycles. The Morgan fingerprint density at radius 3 is 2.66 bits per heavy atom. The van der Waals surface area contributed by atoms with Gasteiger partial charge in [-0.05, 0) is 42.7 Å². The standard InChI is InChI=1S/C24H29N5O2S/c1-18-8-9-21(14-19(18)2)29-17-25-27-24(29)32-16-23(30)26-22(20-6-4-3-5-7-20)15-28-10-12-31-13-11-28/h3-9,14,17,22H,10-13,15-16H2,1-2H3,(H,26,30). The summed E-state index contributed by atoms with van der Waals surface area (Å²) in [5.74, 6) is 0.252. The van der Waals surface area contributed by atoms with E-state index >= 15 is 0 Å². The zero-order chi connectivity index (χ0) is 22.3. The summed E-state index contributed by atoms with van der Waals surface area (Å²) in [6, 6.07) is 16.3. The Bertz CT molecular complexity index is 1030. The van der Waals surface area contributed by atoms with Crippen LogP contribution in [0.5, 0.6) is 0 Å². The van der Waals surface area contributed by atoms with Gasteiger partial charge < -0.3 is 10.1 Å². The molecule has 2 aromatic carbocycles. The van der Waals surface area contributed by atoms with Crippen molar-refractivity contribution >= 4 is 17.7 Å². The lowest BCUT2D eigenvalue weighted by Crippen LogP contribution is -2.43. The molecule has 168 valence electrons. The lowest BCUT2D eigenvalue weighted by Gasteiger charge is -2.31. The fourth-order valence-corrected chi connectivity index (χ4v) is 4.44. The SMILES string of the molecule is Cc1ccc(-n2cnnc2SCC(=O)NC(CN2CCOCC2)c2ccccc2)cc1C. The number of benzene rings is 2. The average molecular weight is 452 g/mol. The Morgan fingerprint density at radius 2 is 1.91 bits per heavy atom. The Kier molecular flexibility index (Phi) is 7.57. The predicted molar refractivity (Wildman–Crippen MR) is 126 cm³/mol. The molecule has 1 N–H and O–H groups in total. The van der Waals surface area contributed by atoms with Crippen LogP contribution < -0.4 is 5.32 Å². The maximum absolute atomic E-state index is 12.9. The topological polar surface area (TPSA) is 72.3 Å². The molecule has 1 fully saturated rings. The van der Waals surface area contributed by atoms with Gasteiger partial charge in [0, 0.05) is 25.3 Å². The van der Waals surface area contributed by atoms with Gasteiger partial charge in [-0.25, -0.2) is 0 Å². The molecule has 1 amide bonds. The van der Waals surface area contributed by atoms with E-state index in [0.717, 1.165) is 44.1 Å². The lowest BCUT2D eigenvalue weighted by atomic mass is 10.1. The fourth-order valence-electron chi connectivity index (χ4n) is 3.70. The summed E-state index contributed by atoms with van der Waals surface area (Å²) < 4.78 is 7.39. The van der Waals surface area contributed by atoms with Crippen molar-refractivity contribution in [3.05, 3.63) is 71.5 Å². The van der Waals surface area contributed by atoms with Gasteiger partial charge in [0.2, 0.25) is 5.91 Å². The van der Waals surface area contributed by atoms with Crippen LogP contribution in [0.15, 0.2) is 60.0 Å². The molecule has 0 aliphatic carbocycles. The first-order chi connectivity index (χ1) is 15.6. The number of hydrogen-bond acceptors (Lipinski definition) is 6. The van der Waals surface area contributed by atoms with Crippen molar-refractivity contribution in [2.24, 2.45) is 0 Å². The second kappa shape index (κ2) is 10.8. The zero-order valence-corrected chi connectivity index (χ0v) is 19.3.